The molecule has 2 fully saturated rings. The molecule has 152 valence electrons. The molecule has 2 aliphatic rings. The fourth-order valence-electron chi connectivity index (χ4n) is 4.17. The Labute approximate surface area is 167 Å². The maximum atomic E-state index is 13.6. The van der Waals surface area contributed by atoms with Gasteiger partial charge >= 0.3 is 0 Å². The van der Waals surface area contributed by atoms with E-state index in [2.05, 4.69) is 10.2 Å². The summed E-state index contributed by atoms with van der Waals surface area (Å²) in [7, 11) is -3.57. The first-order valence-electron chi connectivity index (χ1n) is 10.2. The number of hydrogen-bond acceptors (Lipinski definition) is 4. The smallest absolute Gasteiger partial charge is 0.243 e. The van der Waals surface area contributed by atoms with Crippen LogP contribution in [0.3, 0.4) is 0 Å². The molecule has 6 nitrogen and oxygen atoms in total. The highest BCUT2D eigenvalue weighted by atomic mass is 32.2. The third-order valence-corrected chi connectivity index (χ3v) is 8.04. The number of nitrogens with one attached hydrogen (secondary N) is 1. The van der Waals surface area contributed by atoms with Crippen molar-refractivity contribution in [1.29, 1.82) is 0 Å². The number of H-pyrrole nitrogens is 1. The van der Waals surface area contributed by atoms with E-state index in [-0.39, 0.29) is 6.10 Å². The van der Waals surface area contributed by atoms with Crippen LogP contribution in [-0.2, 0) is 14.8 Å². The number of aromatic amines is 1. The molecule has 0 amide bonds. The monoisotopic (exact) mass is 403 g/mol. The van der Waals surface area contributed by atoms with Crippen molar-refractivity contribution in [3.63, 3.8) is 0 Å². The Morgan fingerprint density at radius 3 is 2.57 bits per heavy atom. The van der Waals surface area contributed by atoms with Crippen molar-refractivity contribution in [1.82, 2.24) is 14.5 Å². The van der Waals surface area contributed by atoms with Crippen LogP contribution >= 0.6 is 0 Å². The van der Waals surface area contributed by atoms with Crippen molar-refractivity contribution >= 4 is 10.0 Å². The van der Waals surface area contributed by atoms with Crippen LogP contribution in [0.2, 0.25) is 0 Å². The average molecular weight is 404 g/mol. The fraction of sp³-hybridized carbons (Fsp3) is 0.571. The van der Waals surface area contributed by atoms with Gasteiger partial charge in [-0.2, -0.15) is 9.40 Å². The zero-order valence-electron chi connectivity index (χ0n) is 16.6. The summed E-state index contributed by atoms with van der Waals surface area (Å²) in [5, 5.41) is 6.83. The Balaban J connectivity index is 1.66. The molecule has 1 atom stereocenters. The molecule has 1 saturated heterocycles. The van der Waals surface area contributed by atoms with Crippen molar-refractivity contribution in [2.45, 2.75) is 57.0 Å². The zero-order chi connectivity index (χ0) is 19.7. The third-order valence-electron chi connectivity index (χ3n) is 6.07. The van der Waals surface area contributed by atoms with Crippen LogP contribution in [0.15, 0.2) is 29.4 Å². The summed E-state index contributed by atoms with van der Waals surface area (Å²) in [6, 6.07) is 3.77. The van der Waals surface area contributed by atoms with E-state index >= 15 is 0 Å². The van der Waals surface area contributed by atoms with Crippen LogP contribution in [0.1, 0.15) is 43.2 Å². The lowest BCUT2D eigenvalue weighted by Gasteiger charge is -2.33. The molecule has 1 N–H and O–H groups in total. The lowest BCUT2D eigenvalue weighted by molar-refractivity contribution is 0.0872. The number of aryl methyl sites for hydroxylation is 2. The number of nitrogens with zero attached hydrogens (tertiary/aromatic N) is 2. The van der Waals surface area contributed by atoms with Crippen LogP contribution in [0.25, 0.3) is 11.1 Å². The first-order chi connectivity index (χ1) is 13.4. The van der Waals surface area contributed by atoms with Gasteiger partial charge in [0.15, 0.2) is 0 Å². The third kappa shape index (κ3) is 3.88. The number of rotatable bonds is 7. The van der Waals surface area contributed by atoms with Crippen LogP contribution in [-0.4, -0.2) is 48.7 Å². The lowest BCUT2D eigenvalue weighted by atomic mass is 9.85. The topological polar surface area (TPSA) is 75.3 Å². The van der Waals surface area contributed by atoms with Crippen molar-refractivity contribution in [3.8, 4) is 11.1 Å². The van der Waals surface area contributed by atoms with Gasteiger partial charge in [0.25, 0.3) is 0 Å². The minimum atomic E-state index is -3.57. The van der Waals surface area contributed by atoms with Crippen molar-refractivity contribution in [2.24, 2.45) is 5.92 Å². The van der Waals surface area contributed by atoms with Crippen LogP contribution in [0.4, 0.5) is 0 Å². The number of ether oxygens (including phenoxy) is 1. The molecule has 1 aromatic heterocycles. The maximum Gasteiger partial charge on any atom is 0.243 e. The van der Waals surface area contributed by atoms with Gasteiger partial charge in [-0.05, 0) is 74.3 Å². The first-order valence-corrected chi connectivity index (χ1v) is 11.6. The van der Waals surface area contributed by atoms with E-state index in [1.807, 2.05) is 32.2 Å². The fourth-order valence-corrected chi connectivity index (χ4v) is 6.00. The highest BCUT2D eigenvalue weighted by molar-refractivity contribution is 7.89. The van der Waals surface area contributed by atoms with E-state index in [1.54, 1.807) is 10.5 Å². The van der Waals surface area contributed by atoms with Crippen LogP contribution in [0, 0.1) is 19.8 Å². The van der Waals surface area contributed by atoms with E-state index in [0.717, 1.165) is 54.5 Å². The van der Waals surface area contributed by atoms with Crippen molar-refractivity contribution in [3.05, 3.63) is 35.7 Å². The standard InChI is InChI=1S/C21H29N3O3S/c1-15-10-21(16(2)9-20(15)18-11-22-23-12-18)28(25,26)24(13-17-5-3-6-17)14-19-7-4-8-27-19/h9-12,17,19H,3-8,13-14H2,1-2H3,(H,22,23). The molecule has 4 rings (SSSR count). The van der Waals surface area contributed by atoms with Gasteiger partial charge in [0, 0.05) is 31.5 Å². The highest BCUT2D eigenvalue weighted by Crippen LogP contribution is 2.33. The summed E-state index contributed by atoms with van der Waals surface area (Å²) >= 11 is 0. The average Bonchev–Trinajstić information content (AvgIpc) is 3.32. The zero-order valence-corrected chi connectivity index (χ0v) is 17.5. The molecule has 2 aromatic rings. The molecule has 0 bridgehead atoms. The molecule has 1 aromatic carbocycles. The molecular formula is C21H29N3O3S. The number of benzene rings is 1. The summed E-state index contributed by atoms with van der Waals surface area (Å²) in [5.41, 5.74) is 3.68. The highest BCUT2D eigenvalue weighted by Gasteiger charge is 2.33. The van der Waals surface area contributed by atoms with Crippen molar-refractivity contribution in [2.75, 3.05) is 19.7 Å². The van der Waals surface area contributed by atoms with E-state index in [9.17, 15) is 8.42 Å². The van der Waals surface area contributed by atoms with Crippen LogP contribution < -0.4 is 0 Å². The predicted molar refractivity (Wildman–Crippen MR) is 109 cm³/mol. The minimum absolute atomic E-state index is 0.0152. The Morgan fingerprint density at radius 2 is 1.96 bits per heavy atom. The van der Waals surface area contributed by atoms with Crippen molar-refractivity contribution < 1.29 is 13.2 Å². The first kappa shape index (κ1) is 19.6. The summed E-state index contributed by atoms with van der Waals surface area (Å²) in [4.78, 5) is 0.412. The number of sulfonamides is 1. The summed E-state index contributed by atoms with van der Waals surface area (Å²) in [5.74, 6) is 0.475. The summed E-state index contributed by atoms with van der Waals surface area (Å²) < 4.78 is 34.7. The molecule has 1 aliphatic heterocycles. The molecular weight excluding hydrogens is 374 g/mol. The van der Waals surface area contributed by atoms with E-state index in [1.165, 1.54) is 6.42 Å². The van der Waals surface area contributed by atoms with Gasteiger partial charge in [-0.3, -0.25) is 5.10 Å². The van der Waals surface area contributed by atoms with E-state index < -0.39 is 10.0 Å². The number of aromatic nitrogens is 2. The molecule has 2 heterocycles. The Hall–Kier alpha value is -1.70. The summed E-state index contributed by atoms with van der Waals surface area (Å²) in [6.45, 7) is 5.63. The Morgan fingerprint density at radius 1 is 1.14 bits per heavy atom. The second-order valence-corrected chi connectivity index (χ2v) is 10.1. The second-order valence-electron chi connectivity index (χ2n) is 8.17. The molecule has 1 unspecified atom stereocenters. The Kier molecular flexibility index (Phi) is 5.58. The predicted octanol–water partition coefficient (Wildman–Crippen LogP) is 3.66. The maximum absolute atomic E-state index is 13.6. The SMILES string of the molecule is Cc1cc(S(=O)(=O)N(CC2CCC2)CC2CCCO2)c(C)cc1-c1cn[nH]c1. The normalized spacial score (nSPS) is 20.6. The van der Waals surface area contributed by atoms with Gasteiger partial charge in [0.1, 0.15) is 0 Å². The minimum Gasteiger partial charge on any atom is -0.377 e. The molecule has 7 heteroatoms. The molecule has 0 spiro atoms. The lowest BCUT2D eigenvalue weighted by Crippen LogP contribution is -2.42. The molecule has 28 heavy (non-hydrogen) atoms. The van der Waals surface area contributed by atoms with E-state index in [4.69, 9.17) is 4.74 Å². The quantitative estimate of drug-likeness (QED) is 0.765. The van der Waals surface area contributed by atoms with Crippen LogP contribution in [0.5, 0.6) is 0 Å². The molecule has 0 radical (unpaired) electrons. The van der Waals surface area contributed by atoms with Gasteiger partial charge in [0.05, 0.1) is 17.2 Å². The van der Waals surface area contributed by atoms with Gasteiger partial charge in [-0.15, -0.1) is 0 Å². The second kappa shape index (κ2) is 7.97. The Bertz CT molecular complexity index is 915. The van der Waals surface area contributed by atoms with Gasteiger partial charge in [-0.25, -0.2) is 8.42 Å². The van der Waals surface area contributed by atoms with E-state index in [0.29, 0.717) is 23.9 Å². The van der Waals surface area contributed by atoms with Gasteiger partial charge in [0.2, 0.25) is 10.0 Å². The summed E-state index contributed by atoms with van der Waals surface area (Å²) in [6.07, 6.45) is 9.00. The molecule has 1 saturated carbocycles. The van der Waals surface area contributed by atoms with Gasteiger partial charge in [-0.1, -0.05) is 6.42 Å². The van der Waals surface area contributed by atoms with Gasteiger partial charge < -0.3 is 4.74 Å². The largest absolute Gasteiger partial charge is 0.377 e. The molecule has 1 aliphatic carbocycles. The number of hydrogen-bond donors (Lipinski definition) is 1.